The number of hydrogen-bond acceptors (Lipinski definition) is 6. The fourth-order valence-corrected chi connectivity index (χ4v) is 7.89. The third-order valence-electron chi connectivity index (χ3n) is 12.0. The van der Waals surface area contributed by atoms with Gasteiger partial charge in [-0.15, -0.1) is 0 Å². The Bertz CT molecular complexity index is 989. The van der Waals surface area contributed by atoms with E-state index < -0.39 is 6.10 Å². The van der Waals surface area contributed by atoms with Crippen molar-refractivity contribution in [3.8, 4) is 0 Å². The van der Waals surface area contributed by atoms with Crippen molar-refractivity contribution in [1.82, 2.24) is 0 Å². The van der Waals surface area contributed by atoms with Crippen molar-refractivity contribution in [2.75, 3.05) is 13.2 Å². The number of ether oxygens (including phenoxy) is 3. The van der Waals surface area contributed by atoms with Crippen LogP contribution in [0.1, 0.15) is 290 Å². The first-order valence-electron chi connectivity index (χ1n) is 26.8. The van der Waals surface area contributed by atoms with Crippen LogP contribution in [0, 0.1) is 0 Å². The third-order valence-corrected chi connectivity index (χ3v) is 12.0. The molecule has 1 atom stereocenters. The third kappa shape index (κ3) is 48.8. The molecule has 0 amide bonds. The van der Waals surface area contributed by atoms with Gasteiger partial charge >= 0.3 is 17.9 Å². The second kappa shape index (κ2) is 50.5. The van der Waals surface area contributed by atoms with Gasteiger partial charge in [-0.25, -0.2) is 0 Å². The van der Waals surface area contributed by atoms with Crippen molar-refractivity contribution in [2.24, 2.45) is 0 Å². The number of carbonyl (C=O) groups excluding carboxylic acids is 3. The zero-order valence-corrected chi connectivity index (χ0v) is 40.9. The smallest absolute Gasteiger partial charge is 0.306 e. The molecule has 1 unspecified atom stereocenters. The fraction of sp³-hybridized carbons (Fsp3) is 0.873. The Hall–Kier alpha value is -2.11. The molecule has 0 saturated heterocycles. The molecule has 358 valence electrons. The summed E-state index contributed by atoms with van der Waals surface area (Å²) in [6.07, 6.45) is 57.6. The summed E-state index contributed by atoms with van der Waals surface area (Å²) in [4.78, 5) is 37.8. The van der Waals surface area contributed by atoms with Crippen LogP contribution in [-0.4, -0.2) is 37.2 Å². The van der Waals surface area contributed by atoms with E-state index in [1.54, 1.807) is 0 Å². The molecule has 0 aliphatic rings. The SMILES string of the molecule is CCCCC/C=C\C/C=C\CCCCCCCC(=O)OC(COC(=O)CCCCCCCCC)COC(=O)CCCCCCCCCCCCCCCCCCCCCCC. The molecule has 0 rings (SSSR count). The van der Waals surface area contributed by atoms with Crippen molar-refractivity contribution < 1.29 is 28.6 Å². The van der Waals surface area contributed by atoms with Gasteiger partial charge < -0.3 is 14.2 Å². The molecule has 0 spiro atoms. The van der Waals surface area contributed by atoms with Crippen LogP contribution in [0.5, 0.6) is 0 Å². The second-order valence-electron chi connectivity index (χ2n) is 18.2. The van der Waals surface area contributed by atoms with E-state index in [0.717, 1.165) is 77.0 Å². The van der Waals surface area contributed by atoms with Crippen LogP contribution >= 0.6 is 0 Å². The molecule has 0 aliphatic carbocycles. The van der Waals surface area contributed by atoms with Crippen LogP contribution in [0.25, 0.3) is 0 Å². The highest BCUT2D eigenvalue weighted by molar-refractivity contribution is 5.71. The predicted molar refractivity (Wildman–Crippen MR) is 261 cm³/mol. The molecule has 0 fully saturated rings. The summed E-state index contributed by atoms with van der Waals surface area (Å²) >= 11 is 0. The van der Waals surface area contributed by atoms with Crippen molar-refractivity contribution in [1.29, 1.82) is 0 Å². The number of allylic oxidation sites excluding steroid dienone is 4. The normalized spacial score (nSPS) is 12.1. The summed E-state index contributed by atoms with van der Waals surface area (Å²) in [5.74, 6) is -0.879. The van der Waals surface area contributed by atoms with E-state index >= 15 is 0 Å². The second-order valence-corrected chi connectivity index (χ2v) is 18.2. The molecule has 0 bridgehead atoms. The maximum atomic E-state index is 12.8. The summed E-state index contributed by atoms with van der Waals surface area (Å²) < 4.78 is 16.7. The van der Waals surface area contributed by atoms with E-state index in [2.05, 4.69) is 45.1 Å². The first-order chi connectivity index (χ1) is 30.0. The number of carbonyl (C=O) groups is 3. The first-order valence-corrected chi connectivity index (χ1v) is 26.8. The first kappa shape index (κ1) is 58.9. The van der Waals surface area contributed by atoms with Crippen LogP contribution in [-0.2, 0) is 28.6 Å². The summed E-state index contributed by atoms with van der Waals surface area (Å²) in [5.41, 5.74) is 0. The molecule has 0 saturated carbocycles. The Balaban J connectivity index is 4.17. The Morgan fingerprint density at radius 1 is 0.328 bits per heavy atom. The van der Waals surface area contributed by atoms with Gasteiger partial charge in [0, 0.05) is 19.3 Å². The van der Waals surface area contributed by atoms with E-state index in [1.165, 1.54) is 173 Å². The molecule has 61 heavy (non-hydrogen) atoms. The van der Waals surface area contributed by atoms with Gasteiger partial charge in [0.05, 0.1) is 0 Å². The lowest BCUT2D eigenvalue weighted by molar-refractivity contribution is -0.167. The molecular weight excluding hydrogens is 757 g/mol. The maximum Gasteiger partial charge on any atom is 0.306 e. The quantitative estimate of drug-likeness (QED) is 0.0262. The molecule has 0 N–H and O–H groups in total. The monoisotopic (exact) mass is 859 g/mol. The summed E-state index contributed by atoms with van der Waals surface area (Å²) in [7, 11) is 0. The van der Waals surface area contributed by atoms with Gasteiger partial charge in [0.2, 0.25) is 0 Å². The Morgan fingerprint density at radius 3 is 0.934 bits per heavy atom. The van der Waals surface area contributed by atoms with Gasteiger partial charge in [-0.2, -0.15) is 0 Å². The molecule has 0 heterocycles. The zero-order chi connectivity index (χ0) is 44.4. The van der Waals surface area contributed by atoms with Gasteiger partial charge in [0.1, 0.15) is 13.2 Å². The molecule has 0 aliphatic heterocycles. The highest BCUT2D eigenvalue weighted by Crippen LogP contribution is 2.16. The van der Waals surface area contributed by atoms with Gasteiger partial charge in [-0.1, -0.05) is 244 Å². The van der Waals surface area contributed by atoms with Gasteiger partial charge in [-0.3, -0.25) is 14.4 Å². The average molecular weight is 859 g/mol. The molecule has 0 aromatic heterocycles. The van der Waals surface area contributed by atoms with Crippen LogP contribution in [0.15, 0.2) is 24.3 Å². The fourth-order valence-electron chi connectivity index (χ4n) is 7.89. The molecule has 6 heteroatoms. The number of rotatable bonds is 49. The molecule has 6 nitrogen and oxygen atoms in total. The lowest BCUT2D eigenvalue weighted by atomic mass is 10.0. The molecular formula is C55H102O6. The molecule has 0 aromatic carbocycles. The highest BCUT2D eigenvalue weighted by atomic mass is 16.6. The van der Waals surface area contributed by atoms with Crippen molar-refractivity contribution in [2.45, 2.75) is 297 Å². The molecule has 0 aromatic rings. The minimum atomic E-state index is -0.771. The number of hydrogen-bond donors (Lipinski definition) is 0. The maximum absolute atomic E-state index is 12.8. The van der Waals surface area contributed by atoms with Gasteiger partial charge in [0.25, 0.3) is 0 Å². The average Bonchev–Trinajstić information content (AvgIpc) is 3.26. The topological polar surface area (TPSA) is 78.9 Å². The zero-order valence-electron chi connectivity index (χ0n) is 40.9. The van der Waals surface area contributed by atoms with Crippen molar-refractivity contribution in [3.05, 3.63) is 24.3 Å². The number of esters is 3. The summed E-state index contributed by atoms with van der Waals surface area (Å²) in [6.45, 7) is 6.59. The van der Waals surface area contributed by atoms with E-state index in [9.17, 15) is 14.4 Å². The minimum Gasteiger partial charge on any atom is -0.462 e. The van der Waals surface area contributed by atoms with E-state index in [-0.39, 0.29) is 31.1 Å². The van der Waals surface area contributed by atoms with Crippen molar-refractivity contribution >= 4 is 17.9 Å². The van der Waals surface area contributed by atoms with Crippen LogP contribution in [0.2, 0.25) is 0 Å². The van der Waals surface area contributed by atoms with Crippen LogP contribution < -0.4 is 0 Å². The van der Waals surface area contributed by atoms with E-state index in [0.29, 0.717) is 19.3 Å². The molecule has 0 radical (unpaired) electrons. The van der Waals surface area contributed by atoms with Crippen LogP contribution in [0.3, 0.4) is 0 Å². The lowest BCUT2D eigenvalue weighted by Crippen LogP contribution is -2.30. The Kier molecular flexibility index (Phi) is 48.8. The van der Waals surface area contributed by atoms with Crippen molar-refractivity contribution in [3.63, 3.8) is 0 Å². The summed E-state index contributed by atoms with van der Waals surface area (Å²) in [5, 5.41) is 0. The van der Waals surface area contributed by atoms with Gasteiger partial charge in [0.15, 0.2) is 6.10 Å². The highest BCUT2D eigenvalue weighted by Gasteiger charge is 2.19. The number of unbranched alkanes of at least 4 members (excludes halogenated alkanes) is 34. The Morgan fingerprint density at radius 2 is 0.590 bits per heavy atom. The van der Waals surface area contributed by atoms with Crippen LogP contribution in [0.4, 0.5) is 0 Å². The van der Waals surface area contributed by atoms with E-state index in [1.807, 2.05) is 0 Å². The largest absolute Gasteiger partial charge is 0.462 e. The predicted octanol–water partition coefficient (Wildman–Crippen LogP) is 17.5. The van der Waals surface area contributed by atoms with E-state index in [4.69, 9.17) is 14.2 Å². The minimum absolute atomic E-state index is 0.0727. The van der Waals surface area contributed by atoms with Gasteiger partial charge in [-0.05, 0) is 51.4 Å². The summed E-state index contributed by atoms with van der Waals surface area (Å²) in [6, 6.07) is 0. The lowest BCUT2D eigenvalue weighted by Gasteiger charge is -2.18. The standard InChI is InChI=1S/C55H102O6/c1-4-7-10-13-16-18-20-22-24-25-26-27-28-29-31-32-34-36-39-42-45-48-54(57)60-51-52(50-59-53(56)47-44-41-38-15-12-9-6-3)61-55(58)49-46-43-40-37-35-33-30-23-21-19-17-14-11-8-5-2/h17,19,23,30,52H,4-16,18,20-22,24-29,31-51H2,1-3H3/b19-17-,30-23-. The Labute approximate surface area is 379 Å².